The fourth-order valence-electron chi connectivity index (χ4n) is 2.11. The van der Waals surface area contributed by atoms with Gasteiger partial charge in [0.25, 0.3) is 0 Å². The molecule has 0 saturated carbocycles. The van der Waals surface area contributed by atoms with Gasteiger partial charge in [0.2, 0.25) is 0 Å². The van der Waals surface area contributed by atoms with E-state index in [1.54, 1.807) is 0 Å². The van der Waals surface area contributed by atoms with Gasteiger partial charge in [-0.3, -0.25) is 4.79 Å². The van der Waals surface area contributed by atoms with E-state index < -0.39 is 0 Å². The number of carbonyl (C=O) groups is 1. The fraction of sp³-hybridized carbons (Fsp3) is 0.909. The summed E-state index contributed by atoms with van der Waals surface area (Å²) in [4.78, 5) is 12.1. The summed E-state index contributed by atoms with van der Waals surface area (Å²) in [6.45, 7) is 5.43. The molecule has 1 saturated heterocycles. The number of hydrogen-bond acceptors (Lipinski definition) is 3. The van der Waals surface area contributed by atoms with Crippen molar-refractivity contribution < 1.29 is 9.53 Å². The molecule has 1 aliphatic heterocycles. The van der Waals surface area contributed by atoms with E-state index in [9.17, 15) is 4.79 Å². The Labute approximate surface area is 86.2 Å². The Morgan fingerprint density at radius 3 is 2.57 bits per heavy atom. The van der Waals surface area contributed by atoms with Crippen molar-refractivity contribution in [3.05, 3.63) is 0 Å². The lowest BCUT2D eigenvalue weighted by Crippen LogP contribution is -2.39. The van der Waals surface area contributed by atoms with Crippen molar-refractivity contribution in [3.8, 4) is 0 Å². The van der Waals surface area contributed by atoms with E-state index in [4.69, 9.17) is 4.74 Å². The maximum atomic E-state index is 12.1. The van der Waals surface area contributed by atoms with Gasteiger partial charge in [-0.1, -0.05) is 13.8 Å². The highest BCUT2D eigenvalue weighted by Crippen LogP contribution is 2.22. The van der Waals surface area contributed by atoms with Crippen molar-refractivity contribution >= 4 is 5.78 Å². The van der Waals surface area contributed by atoms with Gasteiger partial charge in [0.15, 0.2) is 0 Å². The monoisotopic (exact) mass is 199 g/mol. The van der Waals surface area contributed by atoms with Crippen molar-refractivity contribution in [2.75, 3.05) is 20.3 Å². The molecule has 0 amide bonds. The second-order valence-electron chi connectivity index (χ2n) is 3.95. The lowest BCUT2D eigenvalue weighted by atomic mass is 9.86. The predicted octanol–water partition coefficient (Wildman–Crippen LogP) is 1.23. The van der Waals surface area contributed by atoms with Crippen molar-refractivity contribution in [1.82, 2.24) is 5.32 Å². The minimum absolute atomic E-state index is 0.0740. The Kier molecular flexibility index (Phi) is 4.55. The van der Waals surface area contributed by atoms with Crippen LogP contribution in [0.25, 0.3) is 0 Å². The van der Waals surface area contributed by atoms with E-state index in [0.717, 1.165) is 12.8 Å². The number of ether oxygens (including phenoxy) is 1. The summed E-state index contributed by atoms with van der Waals surface area (Å²) in [7, 11) is 1.90. The number of likely N-dealkylation sites (N-methyl/N-ethyl adjacent to an activating group) is 1. The van der Waals surface area contributed by atoms with Gasteiger partial charge in [-0.05, 0) is 19.9 Å². The maximum absolute atomic E-state index is 12.1. The van der Waals surface area contributed by atoms with Crippen LogP contribution in [0.5, 0.6) is 0 Å². The summed E-state index contributed by atoms with van der Waals surface area (Å²) in [6.07, 6.45) is 1.89. The van der Waals surface area contributed by atoms with Crippen LogP contribution in [0, 0.1) is 11.8 Å². The summed E-state index contributed by atoms with van der Waals surface area (Å²) >= 11 is 0. The molecule has 1 heterocycles. The first-order valence-corrected chi connectivity index (χ1v) is 5.53. The van der Waals surface area contributed by atoms with Crippen LogP contribution in [-0.2, 0) is 9.53 Å². The summed E-state index contributed by atoms with van der Waals surface area (Å²) in [6, 6.07) is 0.225. The molecule has 0 aliphatic carbocycles. The van der Waals surface area contributed by atoms with Gasteiger partial charge in [-0.25, -0.2) is 0 Å². The third-order valence-corrected chi connectivity index (χ3v) is 3.20. The highest BCUT2D eigenvalue weighted by atomic mass is 16.5. The largest absolute Gasteiger partial charge is 0.379 e. The van der Waals surface area contributed by atoms with Crippen LogP contribution in [0.4, 0.5) is 0 Å². The minimum Gasteiger partial charge on any atom is -0.379 e. The van der Waals surface area contributed by atoms with Crippen LogP contribution in [0.2, 0.25) is 0 Å². The van der Waals surface area contributed by atoms with Crippen molar-refractivity contribution in [1.29, 1.82) is 0 Å². The molecule has 0 aromatic rings. The van der Waals surface area contributed by atoms with Gasteiger partial charge in [-0.15, -0.1) is 0 Å². The molecule has 0 aromatic carbocycles. The first-order chi connectivity index (χ1) is 6.74. The highest BCUT2D eigenvalue weighted by Gasteiger charge is 2.35. The molecule has 14 heavy (non-hydrogen) atoms. The molecule has 2 atom stereocenters. The number of rotatable bonds is 5. The molecule has 2 unspecified atom stereocenters. The topological polar surface area (TPSA) is 38.3 Å². The fourth-order valence-corrected chi connectivity index (χ4v) is 2.11. The van der Waals surface area contributed by atoms with Crippen LogP contribution in [0.15, 0.2) is 0 Å². The number of nitrogens with one attached hydrogen (secondary N) is 1. The molecule has 1 aliphatic rings. The molecule has 82 valence electrons. The number of hydrogen-bond donors (Lipinski definition) is 1. The van der Waals surface area contributed by atoms with Crippen LogP contribution in [0.3, 0.4) is 0 Å². The molecule has 0 aromatic heterocycles. The van der Waals surface area contributed by atoms with Crippen LogP contribution >= 0.6 is 0 Å². The lowest BCUT2D eigenvalue weighted by Gasteiger charge is -2.20. The van der Waals surface area contributed by atoms with Crippen LogP contribution < -0.4 is 5.32 Å². The Balaban J connectivity index is 2.58. The minimum atomic E-state index is 0.0740. The van der Waals surface area contributed by atoms with Gasteiger partial charge in [-0.2, -0.15) is 0 Å². The Morgan fingerprint density at radius 2 is 2.07 bits per heavy atom. The zero-order valence-corrected chi connectivity index (χ0v) is 9.38. The number of carbonyl (C=O) groups excluding carboxylic acids is 1. The van der Waals surface area contributed by atoms with Gasteiger partial charge >= 0.3 is 0 Å². The number of ketones is 1. The zero-order valence-electron chi connectivity index (χ0n) is 9.38. The van der Waals surface area contributed by atoms with Crippen molar-refractivity contribution in [3.63, 3.8) is 0 Å². The van der Waals surface area contributed by atoms with E-state index >= 15 is 0 Å². The van der Waals surface area contributed by atoms with E-state index in [1.807, 2.05) is 7.05 Å². The number of Topliss-reactive ketones (excluding diaryl/α,β-unsaturated/α-hetero) is 1. The van der Waals surface area contributed by atoms with Crippen LogP contribution in [-0.4, -0.2) is 32.1 Å². The van der Waals surface area contributed by atoms with Crippen molar-refractivity contribution in [2.24, 2.45) is 11.8 Å². The molecular formula is C11H21NO2. The second kappa shape index (κ2) is 5.47. The average Bonchev–Trinajstić information content (AvgIpc) is 2.67. The zero-order chi connectivity index (χ0) is 10.6. The van der Waals surface area contributed by atoms with Crippen LogP contribution in [0.1, 0.15) is 26.7 Å². The summed E-state index contributed by atoms with van der Waals surface area (Å²) in [5.74, 6) is 0.675. The predicted molar refractivity (Wildman–Crippen MR) is 56.2 cm³/mol. The smallest absolute Gasteiger partial charge is 0.142 e. The molecule has 0 radical (unpaired) electrons. The summed E-state index contributed by atoms with van der Waals surface area (Å²) < 4.78 is 5.34. The van der Waals surface area contributed by atoms with Gasteiger partial charge in [0.05, 0.1) is 19.1 Å². The first kappa shape index (κ1) is 11.7. The third-order valence-electron chi connectivity index (χ3n) is 3.20. The molecule has 0 bridgehead atoms. The summed E-state index contributed by atoms with van der Waals surface area (Å²) in [5.41, 5.74) is 0. The standard InChI is InChI=1S/C11H21NO2/c1-4-8(5-2)11(13)9-6-14-7-10(9)12-3/h8-10,12H,4-7H2,1-3H3. The Bertz CT molecular complexity index is 190. The van der Waals surface area contributed by atoms with E-state index in [0.29, 0.717) is 19.0 Å². The molecule has 1 rings (SSSR count). The Morgan fingerprint density at radius 1 is 1.43 bits per heavy atom. The second-order valence-corrected chi connectivity index (χ2v) is 3.95. The molecule has 3 heteroatoms. The molecule has 3 nitrogen and oxygen atoms in total. The van der Waals surface area contributed by atoms with E-state index in [2.05, 4.69) is 19.2 Å². The molecule has 1 fully saturated rings. The van der Waals surface area contributed by atoms with Gasteiger partial charge in [0.1, 0.15) is 5.78 Å². The van der Waals surface area contributed by atoms with E-state index in [1.165, 1.54) is 0 Å². The molecule has 0 spiro atoms. The SMILES string of the molecule is CCC(CC)C(=O)C1COCC1NC. The summed E-state index contributed by atoms with van der Waals surface area (Å²) in [5, 5.41) is 3.15. The van der Waals surface area contributed by atoms with Gasteiger partial charge in [0, 0.05) is 12.0 Å². The first-order valence-electron chi connectivity index (χ1n) is 5.53. The third kappa shape index (κ3) is 2.34. The quantitative estimate of drug-likeness (QED) is 0.723. The lowest BCUT2D eigenvalue weighted by molar-refractivity contribution is -0.127. The normalized spacial score (nSPS) is 27.1. The van der Waals surface area contributed by atoms with Gasteiger partial charge < -0.3 is 10.1 Å². The molecular weight excluding hydrogens is 178 g/mol. The van der Waals surface area contributed by atoms with E-state index in [-0.39, 0.29) is 17.9 Å². The maximum Gasteiger partial charge on any atom is 0.142 e. The Hall–Kier alpha value is -0.410. The van der Waals surface area contributed by atoms with Crippen molar-refractivity contribution in [2.45, 2.75) is 32.7 Å². The average molecular weight is 199 g/mol. The highest BCUT2D eigenvalue weighted by molar-refractivity contribution is 5.84. The molecule has 1 N–H and O–H groups in total.